The van der Waals surface area contributed by atoms with Gasteiger partial charge in [-0.25, -0.2) is 8.42 Å². The Labute approximate surface area is 191 Å². The van der Waals surface area contributed by atoms with E-state index >= 15 is 0 Å². The molecule has 3 heterocycles. The highest BCUT2D eigenvalue weighted by Crippen LogP contribution is 2.34. The molecule has 0 aliphatic carbocycles. The number of nitrogens with one attached hydrogen (secondary N) is 2. The summed E-state index contributed by atoms with van der Waals surface area (Å²) in [6.45, 7) is 1.27. The number of nitrogens with zero attached hydrogens (tertiary/aromatic N) is 2. The monoisotopic (exact) mass is 476 g/mol. The zero-order valence-corrected chi connectivity index (χ0v) is 18.5. The Balaban J connectivity index is 1.38. The molecule has 2 aliphatic heterocycles. The van der Waals surface area contributed by atoms with Crippen molar-refractivity contribution in [3.8, 4) is 11.5 Å². The first-order valence-corrected chi connectivity index (χ1v) is 11.9. The number of carbonyl (C=O) groups excluding carboxylic acids is 2. The number of carbonyl (C=O) groups is 2. The lowest BCUT2D eigenvalue weighted by Gasteiger charge is -2.34. The zero-order chi connectivity index (χ0) is 23.3. The minimum atomic E-state index is -3.94. The fraction of sp³-hybridized carbons (Fsp3) is 0.381. The number of amides is 2. The average Bonchev–Trinajstić information content (AvgIpc) is 2.86. The molecule has 1 unspecified atom stereocenters. The first-order chi connectivity index (χ1) is 15.9. The highest BCUT2D eigenvalue weighted by molar-refractivity contribution is 7.89. The number of aromatic nitrogens is 1. The third-order valence-electron chi connectivity index (χ3n) is 5.12. The Morgan fingerprint density at radius 3 is 2.52 bits per heavy atom. The third kappa shape index (κ3) is 5.41. The molecule has 1 fully saturated rings. The standard InChI is InChI=1S/C21H24N4O7S/c26-20(23-13-15-4-6-22-7-5-15)21(27)24-14-19-25(8-1-9-32-19)33(28,29)16-2-3-17-18(12-16)31-11-10-30-17/h2-7,12,19H,1,8-11,13-14H2,(H,23,26)(H,24,27). The fourth-order valence-corrected chi connectivity index (χ4v) is 5.03. The summed E-state index contributed by atoms with van der Waals surface area (Å²) in [5.74, 6) is -0.869. The van der Waals surface area contributed by atoms with Gasteiger partial charge in [-0.05, 0) is 36.2 Å². The number of ether oxygens (including phenoxy) is 3. The van der Waals surface area contributed by atoms with Crippen LogP contribution in [0.1, 0.15) is 12.0 Å². The number of rotatable bonds is 6. The molecule has 12 heteroatoms. The number of hydrogen-bond acceptors (Lipinski definition) is 8. The van der Waals surface area contributed by atoms with Crippen LogP contribution in [-0.2, 0) is 30.9 Å². The molecule has 1 aromatic heterocycles. The van der Waals surface area contributed by atoms with Gasteiger partial charge < -0.3 is 24.8 Å². The van der Waals surface area contributed by atoms with Crippen molar-refractivity contribution in [1.82, 2.24) is 19.9 Å². The second-order valence-corrected chi connectivity index (χ2v) is 9.24. The van der Waals surface area contributed by atoms with Crippen LogP contribution in [0.5, 0.6) is 11.5 Å². The van der Waals surface area contributed by atoms with Crippen LogP contribution in [0.15, 0.2) is 47.6 Å². The van der Waals surface area contributed by atoms with Crippen LogP contribution in [0.3, 0.4) is 0 Å². The Morgan fingerprint density at radius 1 is 1.00 bits per heavy atom. The SMILES string of the molecule is O=C(NCc1ccncc1)C(=O)NCC1OCCCN1S(=O)(=O)c1ccc2c(c1)OCCO2. The number of benzene rings is 1. The highest BCUT2D eigenvalue weighted by Gasteiger charge is 2.35. The molecule has 1 aromatic carbocycles. The number of hydrogen-bond donors (Lipinski definition) is 2. The topological polar surface area (TPSA) is 136 Å². The van der Waals surface area contributed by atoms with Crippen LogP contribution in [0.2, 0.25) is 0 Å². The average molecular weight is 477 g/mol. The van der Waals surface area contributed by atoms with Crippen LogP contribution in [-0.4, -0.2) is 68.7 Å². The zero-order valence-electron chi connectivity index (χ0n) is 17.7. The van der Waals surface area contributed by atoms with Crippen LogP contribution < -0.4 is 20.1 Å². The number of pyridine rings is 1. The molecule has 2 aliphatic rings. The predicted molar refractivity (Wildman–Crippen MR) is 115 cm³/mol. The summed E-state index contributed by atoms with van der Waals surface area (Å²) in [4.78, 5) is 28.2. The van der Waals surface area contributed by atoms with Gasteiger partial charge >= 0.3 is 11.8 Å². The molecule has 2 N–H and O–H groups in total. The van der Waals surface area contributed by atoms with Gasteiger partial charge in [-0.2, -0.15) is 4.31 Å². The fourth-order valence-electron chi connectivity index (χ4n) is 3.45. The van der Waals surface area contributed by atoms with E-state index in [0.29, 0.717) is 37.7 Å². The maximum atomic E-state index is 13.3. The summed E-state index contributed by atoms with van der Waals surface area (Å²) in [7, 11) is -3.94. The Morgan fingerprint density at radius 2 is 1.73 bits per heavy atom. The first-order valence-electron chi connectivity index (χ1n) is 10.4. The molecule has 2 amide bonds. The predicted octanol–water partition coefficient (Wildman–Crippen LogP) is 0.0225. The molecular formula is C21H24N4O7S. The van der Waals surface area contributed by atoms with Gasteiger partial charge in [0.05, 0.1) is 18.0 Å². The van der Waals surface area contributed by atoms with E-state index in [1.807, 2.05) is 0 Å². The van der Waals surface area contributed by atoms with E-state index < -0.39 is 28.1 Å². The summed E-state index contributed by atoms with van der Waals surface area (Å²) in [6, 6.07) is 7.85. The molecule has 1 saturated heterocycles. The van der Waals surface area contributed by atoms with E-state index in [0.717, 1.165) is 5.56 Å². The Bertz CT molecular complexity index is 1110. The van der Waals surface area contributed by atoms with E-state index in [2.05, 4.69) is 15.6 Å². The van der Waals surface area contributed by atoms with E-state index in [1.165, 1.54) is 16.4 Å². The van der Waals surface area contributed by atoms with Crippen LogP contribution in [0.4, 0.5) is 0 Å². The molecule has 0 spiro atoms. The number of sulfonamides is 1. The van der Waals surface area contributed by atoms with Crippen molar-refractivity contribution >= 4 is 21.8 Å². The molecule has 0 bridgehead atoms. The summed E-state index contributed by atoms with van der Waals surface area (Å²) in [5, 5.41) is 4.96. The van der Waals surface area contributed by atoms with E-state index in [9.17, 15) is 18.0 Å². The highest BCUT2D eigenvalue weighted by atomic mass is 32.2. The molecule has 0 saturated carbocycles. The van der Waals surface area contributed by atoms with Crippen molar-refractivity contribution in [3.05, 3.63) is 48.3 Å². The molecule has 33 heavy (non-hydrogen) atoms. The van der Waals surface area contributed by atoms with Crippen LogP contribution >= 0.6 is 0 Å². The quantitative estimate of drug-likeness (QED) is 0.557. The lowest BCUT2D eigenvalue weighted by molar-refractivity contribution is -0.140. The first kappa shape index (κ1) is 23.0. The summed E-state index contributed by atoms with van der Waals surface area (Å²) < 4.78 is 44.3. The molecular weight excluding hydrogens is 452 g/mol. The molecule has 4 rings (SSSR count). The van der Waals surface area contributed by atoms with Crippen molar-refractivity contribution < 1.29 is 32.2 Å². The van der Waals surface area contributed by atoms with Crippen LogP contribution in [0.25, 0.3) is 0 Å². The van der Waals surface area contributed by atoms with Gasteiger partial charge in [0.25, 0.3) is 0 Å². The maximum Gasteiger partial charge on any atom is 0.309 e. The van der Waals surface area contributed by atoms with E-state index in [1.54, 1.807) is 30.6 Å². The lowest BCUT2D eigenvalue weighted by atomic mass is 10.3. The second kappa shape index (κ2) is 10.1. The summed E-state index contributed by atoms with van der Waals surface area (Å²) in [6.07, 6.45) is 2.71. The molecule has 0 radical (unpaired) electrons. The van der Waals surface area contributed by atoms with Gasteiger partial charge in [0.2, 0.25) is 10.0 Å². The third-order valence-corrected chi connectivity index (χ3v) is 7.01. The van der Waals surface area contributed by atoms with Gasteiger partial charge in [0.15, 0.2) is 11.5 Å². The Hall–Kier alpha value is -3.22. The lowest BCUT2D eigenvalue weighted by Crippen LogP contribution is -2.53. The smallest absolute Gasteiger partial charge is 0.309 e. The van der Waals surface area contributed by atoms with Gasteiger partial charge in [0, 0.05) is 31.5 Å². The van der Waals surface area contributed by atoms with Gasteiger partial charge in [-0.15, -0.1) is 0 Å². The minimum Gasteiger partial charge on any atom is -0.486 e. The molecule has 11 nitrogen and oxygen atoms in total. The van der Waals surface area contributed by atoms with Gasteiger partial charge in [-0.3, -0.25) is 14.6 Å². The number of fused-ring (bicyclic) bond motifs is 1. The van der Waals surface area contributed by atoms with E-state index in [-0.39, 0.29) is 24.5 Å². The van der Waals surface area contributed by atoms with Gasteiger partial charge in [0.1, 0.15) is 19.4 Å². The van der Waals surface area contributed by atoms with Crippen molar-refractivity contribution in [2.45, 2.75) is 24.1 Å². The van der Waals surface area contributed by atoms with Crippen molar-refractivity contribution in [1.29, 1.82) is 0 Å². The van der Waals surface area contributed by atoms with Crippen molar-refractivity contribution in [3.63, 3.8) is 0 Å². The molecule has 1 atom stereocenters. The minimum absolute atomic E-state index is 0.0312. The summed E-state index contributed by atoms with van der Waals surface area (Å²) >= 11 is 0. The summed E-state index contributed by atoms with van der Waals surface area (Å²) in [5.41, 5.74) is 0.790. The van der Waals surface area contributed by atoms with Crippen molar-refractivity contribution in [2.75, 3.05) is 32.9 Å². The van der Waals surface area contributed by atoms with E-state index in [4.69, 9.17) is 14.2 Å². The molecule has 2 aromatic rings. The molecule has 176 valence electrons. The van der Waals surface area contributed by atoms with Crippen LogP contribution in [0, 0.1) is 0 Å². The van der Waals surface area contributed by atoms with Crippen molar-refractivity contribution in [2.24, 2.45) is 0 Å². The Kier molecular flexibility index (Phi) is 7.06. The normalized spacial score (nSPS) is 18.4. The maximum absolute atomic E-state index is 13.3. The second-order valence-electron chi connectivity index (χ2n) is 7.35. The largest absolute Gasteiger partial charge is 0.486 e. The van der Waals surface area contributed by atoms with Gasteiger partial charge in [-0.1, -0.05) is 0 Å².